The summed E-state index contributed by atoms with van der Waals surface area (Å²) in [7, 11) is 0. The molecule has 0 saturated carbocycles. The molecule has 13 heavy (non-hydrogen) atoms. The Bertz CT molecular complexity index is 308. The molecule has 5 heteroatoms. The molecule has 1 aromatic rings. The number of anilines is 1. The van der Waals surface area contributed by atoms with E-state index >= 15 is 0 Å². The standard InChI is InChI=1S/C8H9N3O2/c9-8(13)6-1-3-7(4-2-6)11-10-5-12/h1-5,11H,(H2,9,13)(H,10,12). The molecule has 0 fully saturated rings. The van der Waals surface area contributed by atoms with Crippen molar-refractivity contribution in [3.8, 4) is 0 Å². The van der Waals surface area contributed by atoms with Gasteiger partial charge < -0.3 is 5.73 Å². The first kappa shape index (κ1) is 9.05. The molecule has 2 amide bonds. The van der Waals surface area contributed by atoms with E-state index in [1.54, 1.807) is 24.3 Å². The summed E-state index contributed by atoms with van der Waals surface area (Å²) < 4.78 is 0. The van der Waals surface area contributed by atoms with Crippen molar-refractivity contribution in [1.29, 1.82) is 0 Å². The average molecular weight is 179 g/mol. The average Bonchev–Trinajstić information content (AvgIpc) is 2.15. The Hall–Kier alpha value is -2.04. The van der Waals surface area contributed by atoms with Crippen molar-refractivity contribution in [2.24, 2.45) is 5.73 Å². The Morgan fingerprint density at radius 1 is 1.31 bits per heavy atom. The molecular weight excluding hydrogens is 170 g/mol. The predicted molar refractivity (Wildman–Crippen MR) is 47.8 cm³/mol. The van der Waals surface area contributed by atoms with Crippen LogP contribution in [0.3, 0.4) is 0 Å². The smallest absolute Gasteiger partial charge is 0.248 e. The molecule has 0 aliphatic heterocycles. The van der Waals surface area contributed by atoms with E-state index in [2.05, 4.69) is 10.9 Å². The molecule has 0 unspecified atom stereocenters. The van der Waals surface area contributed by atoms with E-state index in [1.165, 1.54) is 0 Å². The third-order valence-electron chi connectivity index (χ3n) is 1.44. The van der Waals surface area contributed by atoms with Gasteiger partial charge in [0.1, 0.15) is 0 Å². The highest BCUT2D eigenvalue weighted by Gasteiger charge is 1.98. The van der Waals surface area contributed by atoms with Crippen LogP contribution in [0.4, 0.5) is 5.69 Å². The van der Waals surface area contributed by atoms with Crippen LogP contribution in [0.5, 0.6) is 0 Å². The Balaban J connectivity index is 2.69. The topological polar surface area (TPSA) is 84.2 Å². The molecule has 0 spiro atoms. The summed E-state index contributed by atoms with van der Waals surface area (Å²) in [6.07, 6.45) is 0.516. The molecule has 0 aliphatic carbocycles. The highest BCUT2D eigenvalue weighted by molar-refractivity contribution is 5.93. The van der Waals surface area contributed by atoms with Crippen molar-refractivity contribution in [2.75, 3.05) is 5.43 Å². The highest BCUT2D eigenvalue weighted by atomic mass is 16.1. The van der Waals surface area contributed by atoms with Gasteiger partial charge in [-0.25, -0.2) is 0 Å². The van der Waals surface area contributed by atoms with E-state index < -0.39 is 5.91 Å². The second-order valence-electron chi connectivity index (χ2n) is 2.33. The first-order valence-electron chi connectivity index (χ1n) is 3.59. The van der Waals surface area contributed by atoms with Crippen LogP contribution < -0.4 is 16.6 Å². The second-order valence-corrected chi connectivity index (χ2v) is 2.33. The fourth-order valence-electron chi connectivity index (χ4n) is 0.831. The van der Waals surface area contributed by atoms with Crippen molar-refractivity contribution in [3.63, 3.8) is 0 Å². The van der Waals surface area contributed by atoms with Crippen LogP contribution in [0.25, 0.3) is 0 Å². The van der Waals surface area contributed by atoms with E-state index in [0.29, 0.717) is 17.7 Å². The van der Waals surface area contributed by atoms with Gasteiger partial charge in [0, 0.05) is 5.56 Å². The first-order valence-corrected chi connectivity index (χ1v) is 3.59. The third-order valence-corrected chi connectivity index (χ3v) is 1.44. The Morgan fingerprint density at radius 3 is 2.38 bits per heavy atom. The van der Waals surface area contributed by atoms with Gasteiger partial charge in [-0.3, -0.25) is 20.4 Å². The first-order chi connectivity index (χ1) is 6.24. The number of hydrogen-bond acceptors (Lipinski definition) is 3. The van der Waals surface area contributed by atoms with E-state index in [0.717, 1.165) is 0 Å². The minimum absolute atomic E-state index is 0.427. The van der Waals surface area contributed by atoms with Gasteiger partial charge in [-0.2, -0.15) is 0 Å². The second kappa shape index (κ2) is 4.10. The van der Waals surface area contributed by atoms with Gasteiger partial charge in [0.25, 0.3) is 0 Å². The molecule has 0 atom stereocenters. The lowest BCUT2D eigenvalue weighted by molar-refractivity contribution is -0.109. The molecule has 0 aromatic heterocycles. The van der Waals surface area contributed by atoms with Crippen LogP contribution in [0.2, 0.25) is 0 Å². The third kappa shape index (κ3) is 2.48. The molecule has 0 radical (unpaired) electrons. The van der Waals surface area contributed by atoms with Crippen molar-refractivity contribution in [2.45, 2.75) is 0 Å². The Kier molecular flexibility index (Phi) is 2.86. The maximum Gasteiger partial charge on any atom is 0.248 e. The summed E-state index contributed by atoms with van der Waals surface area (Å²) in [5, 5.41) is 0. The van der Waals surface area contributed by atoms with Crippen LogP contribution in [0, 0.1) is 0 Å². The molecule has 1 aromatic carbocycles. The number of benzene rings is 1. The lowest BCUT2D eigenvalue weighted by Crippen LogP contribution is -2.19. The van der Waals surface area contributed by atoms with E-state index in [4.69, 9.17) is 5.73 Å². The summed E-state index contributed by atoms with van der Waals surface area (Å²) in [5.41, 5.74) is 11.0. The molecule has 4 N–H and O–H groups in total. The zero-order chi connectivity index (χ0) is 9.68. The number of carbonyl (C=O) groups excluding carboxylic acids is 2. The van der Waals surface area contributed by atoms with E-state index in [-0.39, 0.29) is 0 Å². The van der Waals surface area contributed by atoms with Crippen molar-refractivity contribution in [3.05, 3.63) is 29.8 Å². The van der Waals surface area contributed by atoms with Crippen molar-refractivity contribution in [1.82, 2.24) is 5.43 Å². The maximum absolute atomic E-state index is 10.7. The number of nitrogens with two attached hydrogens (primary N) is 1. The predicted octanol–water partition coefficient (Wildman–Crippen LogP) is -0.142. The summed E-state index contributed by atoms with van der Waals surface area (Å²) >= 11 is 0. The molecule has 1 rings (SSSR count). The van der Waals surface area contributed by atoms with E-state index in [1.807, 2.05) is 0 Å². The zero-order valence-electron chi connectivity index (χ0n) is 6.78. The molecular formula is C8H9N3O2. The van der Waals surface area contributed by atoms with Crippen molar-refractivity contribution >= 4 is 18.0 Å². The van der Waals surface area contributed by atoms with Crippen LogP contribution in [-0.2, 0) is 4.79 Å². The largest absolute Gasteiger partial charge is 0.366 e. The lowest BCUT2D eigenvalue weighted by atomic mass is 10.2. The normalized spacial score (nSPS) is 8.92. The van der Waals surface area contributed by atoms with Gasteiger partial charge in [0.05, 0.1) is 5.69 Å². The van der Waals surface area contributed by atoms with E-state index in [9.17, 15) is 9.59 Å². The quantitative estimate of drug-likeness (QED) is 0.444. The summed E-state index contributed by atoms with van der Waals surface area (Å²) in [5.74, 6) is -0.477. The van der Waals surface area contributed by atoms with Gasteiger partial charge in [0.2, 0.25) is 12.3 Å². The number of carbonyl (C=O) groups is 2. The van der Waals surface area contributed by atoms with Gasteiger partial charge in [-0.1, -0.05) is 0 Å². The molecule has 0 saturated heterocycles. The lowest BCUT2D eigenvalue weighted by Gasteiger charge is -2.03. The summed E-state index contributed by atoms with van der Waals surface area (Å²) in [6, 6.07) is 6.40. The Labute approximate surface area is 74.9 Å². The Morgan fingerprint density at radius 2 is 1.92 bits per heavy atom. The summed E-state index contributed by atoms with van der Waals surface area (Å²) in [6.45, 7) is 0. The number of primary amides is 1. The molecule has 0 aliphatic rings. The number of nitrogens with one attached hydrogen (secondary N) is 2. The fourth-order valence-corrected chi connectivity index (χ4v) is 0.831. The number of rotatable bonds is 4. The zero-order valence-corrected chi connectivity index (χ0v) is 6.78. The molecule has 5 nitrogen and oxygen atoms in total. The van der Waals surface area contributed by atoms with Gasteiger partial charge in [0.15, 0.2) is 0 Å². The highest BCUT2D eigenvalue weighted by Crippen LogP contribution is 2.07. The minimum atomic E-state index is -0.477. The van der Waals surface area contributed by atoms with Gasteiger partial charge in [-0.15, -0.1) is 0 Å². The number of hydrogen-bond donors (Lipinski definition) is 3. The monoisotopic (exact) mass is 179 g/mol. The molecule has 0 heterocycles. The fraction of sp³-hybridized carbons (Fsp3) is 0. The van der Waals surface area contributed by atoms with Crippen LogP contribution in [0.15, 0.2) is 24.3 Å². The van der Waals surface area contributed by atoms with Gasteiger partial charge >= 0.3 is 0 Å². The summed E-state index contributed by atoms with van der Waals surface area (Å²) in [4.78, 5) is 20.6. The van der Waals surface area contributed by atoms with Crippen LogP contribution in [0.1, 0.15) is 10.4 Å². The molecule has 68 valence electrons. The SMILES string of the molecule is NC(=O)c1ccc(NNC=O)cc1. The number of amides is 2. The maximum atomic E-state index is 10.7. The van der Waals surface area contributed by atoms with Crippen LogP contribution in [-0.4, -0.2) is 12.3 Å². The minimum Gasteiger partial charge on any atom is -0.366 e. The van der Waals surface area contributed by atoms with Crippen molar-refractivity contribution < 1.29 is 9.59 Å². The molecule has 0 bridgehead atoms. The number of hydrazine groups is 1. The van der Waals surface area contributed by atoms with Crippen LogP contribution >= 0.6 is 0 Å². The van der Waals surface area contributed by atoms with Gasteiger partial charge in [-0.05, 0) is 24.3 Å².